The maximum Gasteiger partial charge on any atom is 0.163 e. The third-order valence-corrected chi connectivity index (χ3v) is 5.33. The van der Waals surface area contributed by atoms with E-state index in [0.717, 1.165) is 27.4 Å². The van der Waals surface area contributed by atoms with Crippen LogP contribution in [-0.2, 0) is 5.66 Å². The van der Waals surface area contributed by atoms with Gasteiger partial charge in [-0.25, -0.2) is 5.43 Å². The molecule has 3 rings (SSSR count). The molecule has 0 aromatic heterocycles. The number of hydrogen-bond donors (Lipinski definition) is 4. The molecule has 0 amide bonds. The van der Waals surface area contributed by atoms with Crippen molar-refractivity contribution in [1.82, 2.24) is 21.3 Å². The van der Waals surface area contributed by atoms with Gasteiger partial charge in [0.05, 0.1) is 0 Å². The summed E-state index contributed by atoms with van der Waals surface area (Å²) in [7, 11) is 0. The van der Waals surface area contributed by atoms with Crippen molar-refractivity contribution < 1.29 is 0 Å². The number of rotatable bonds is 4. The van der Waals surface area contributed by atoms with Crippen LogP contribution >= 0.6 is 20.7 Å². The first-order valence-corrected chi connectivity index (χ1v) is 8.58. The molecule has 0 radical (unpaired) electrons. The van der Waals surface area contributed by atoms with E-state index in [9.17, 15) is 0 Å². The molecule has 8 nitrogen and oxygen atoms in total. The Kier molecular flexibility index (Phi) is 4.00. The molecule has 1 aliphatic heterocycles. The Bertz CT molecular complexity index is 652. The number of halogens is 1. The lowest BCUT2D eigenvalue weighted by Gasteiger charge is -2.52. The summed E-state index contributed by atoms with van der Waals surface area (Å²) in [5.74, 6) is 26.6. The Labute approximate surface area is 132 Å². The zero-order valence-electron chi connectivity index (χ0n) is 11.0. The largest absolute Gasteiger partial charge is 0.613 e. The van der Waals surface area contributed by atoms with Crippen LogP contribution in [0, 0.1) is 0 Å². The number of hydrazine groups is 4. The van der Waals surface area contributed by atoms with Crippen molar-refractivity contribution >= 4 is 30.3 Å². The highest BCUT2D eigenvalue weighted by Gasteiger charge is 2.47. The second-order valence-electron chi connectivity index (χ2n) is 4.54. The van der Waals surface area contributed by atoms with Crippen molar-refractivity contribution in [2.45, 2.75) is 5.66 Å². The van der Waals surface area contributed by atoms with Crippen molar-refractivity contribution in [2.24, 2.45) is 11.7 Å². The van der Waals surface area contributed by atoms with Crippen LogP contribution in [-0.4, -0.2) is 14.4 Å². The smallest absolute Gasteiger partial charge is 0.163 e. The average Bonchev–Trinajstić information content (AvgIpc) is 2.79. The van der Waals surface area contributed by atoms with Crippen LogP contribution in [0.2, 0.25) is 0 Å². The number of fused-ring (bicyclic) bond motifs is 2. The lowest BCUT2D eigenvalue weighted by Crippen LogP contribution is -2.67. The van der Waals surface area contributed by atoms with Crippen LogP contribution in [0.25, 0.3) is 17.3 Å². The monoisotopic (exact) mass is 398 g/mol. The Morgan fingerprint density at radius 2 is 2.00 bits per heavy atom. The summed E-state index contributed by atoms with van der Waals surface area (Å²) in [6, 6.07) is 7.77. The zero-order valence-corrected chi connectivity index (χ0v) is 13.1. The summed E-state index contributed by atoms with van der Waals surface area (Å²) in [6.45, 7) is 0. The van der Waals surface area contributed by atoms with Crippen LogP contribution in [0.1, 0.15) is 11.1 Å². The number of hydrogen-bond acceptors (Lipinski definition) is 6. The lowest BCUT2D eigenvalue weighted by atomic mass is 9.97. The fourth-order valence-electron chi connectivity index (χ4n) is 2.73. The second-order valence-corrected chi connectivity index (χ2v) is 6.60. The van der Waals surface area contributed by atoms with Gasteiger partial charge in [0.15, 0.2) is 5.66 Å². The molecular weight excluding hydrogens is 383 g/mol. The predicted molar refractivity (Wildman–Crippen MR) is 91.2 cm³/mol. The standard InChI is InChI=1S/C12H15IN8/c14-19-18-12(20(15)21(16)17)10-4-2-1-3-8(10)9-5-6-13-7-11(9)12/h1-7,16-19H,14-15H2/q-2. The van der Waals surface area contributed by atoms with Gasteiger partial charge in [-0.15, -0.1) is 0 Å². The summed E-state index contributed by atoms with van der Waals surface area (Å²) >= 11 is -0.235. The minimum absolute atomic E-state index is 0.235. The molecule has 2 aliphatic rings. The summed E-state index contributed by atoms with van der Waals surface area (Å²) in [6.07, 6.45) is 2.08. The SMILES string of the molecule is [NH-]N([NH-])N(N)C1(NNN)C2=C(C=CI=C2)c2ccccc21. The molecule has 1 aromatic rings. The van der Waals surface area contributed by atoms with E-state index in [0.29, 0.717) is 5.23 Å². The third kappa shape index (κ3) is 2.11. The van der Waals surface area contributed by atoms with Gasteiger partial charge in [-0.1, -0.05) is 45.0 Å². The van der Waals surface area contributed by atoms with E-state index in [2.05, 4.69) is 25.1 Å². The molecule has 112 valence electrons. The van der Waals surface area contributed by atoms with E-state index < -0.39 is 5.66 Å². The molecule has 0 spiro atoms. The number of allylic oxidation sites excluding steroid dienone is 2. The second kappa shape index (κ2) is 5.64. The molecule has 8 N–H and O–H groups in total. The van der Waals surface area contributed by atoms with Gasteiger partial charge >= 0.3 is 0 Å². The van der Waals surface area contributed by atoms with Gasteiger partial charge in [0.1, 0.15) is 0 Å². The topological polar surface area (TPSA) is 130 Å². The van der Waals surface area contributed by atoms with Crippen molar-refractivity contribution in [1.29, 1.82) is 0 Å². The van der Waals surface area contributed by atoms with Gasteiger partial charge in [-0.3, -0.25) is 11.7 Å². The van der Waals surface area contributed by atoms with E-state index in [-0.39, 0.29) is 20.7 Å². The molecule has 1 unspecified atom stereocenters. The van der Waals surface area contributed by atoms with Gasteiger partial charge in [0.25, 0.3) is 0 Å². The highest BCUT2D eigenvalue weighted by atomic mass is 127. The zero-order chi connectivity index (χ0) is 15.0. The van der Waals surface area contributed by atoms with Gasteiger partial charge in [0.2, 0.25) is 0 Å². The third-order valence-electron chi connectivity index (χ3n) is 3.57. The molecule has 1 aromatic carbocycles. The fourth-order valence-corrected chi connectivity index (χ4v) is 4.65. The fraction of sp³-hybridized carbons (Fsp3) is 0.0833. The Morgan fingerprint density at radius 3 is 2.71 bits per heavy atom. The summed E-state index contributed by atoms with van der Waals surface area (Å²) in [4.78, 5) is 0. The normalized spacial score (nSPS) is 23.5. The highest BCUT2D eigenvalue weighted by Crippen LogP contribution is 2.47. The van der Waals surface area contributed by atoms with Crippen LogP contribution in [0.15, 0.2) is 40.0 Å². The van der Waals surface area contributed by atoms with E-state index in [1.54, 1.807) is 0 Å². The summed E-state index contributed by atoms with van der Waals surface area (Å²) in [5.41, 5.74) is 8.12. The number of nitrogens with zero attached hydrogens (tertiary/aromatic N) is 2. The molecule has 1 aliphatic carbocycles. The molecule has 1 atom stereocenters. The summed E-state index contributed by atoms with van der Waals surface area (Å²) < 4.78 is 4.29. The predicted octanol–water partition coefficient (Wildman–Crippen LogP) is 1.20. The molecule has 9 heteroatoms. The van der Waals surface area contributed by atoms with Crippen LogP contribution in [0.4, 0.5) is 0 Å². The minimum atomic E-state index is -1.07. The molecule has 0 fully saturated rings. The van der Waals surface area contributed by atoms with Gasteiger partial charge in [-0.05, 0) is 25.3 Å². The average molecular weight is 398 g/mol. The van der Waals surface area contributed by atoms with E-state index in [1.165, 1.54) is 0 Å². The van der Waals surface area contributed by atoms with E-state index in [4.69, 9.17) is 23.4 Å². The molecule has 0 saturated carbocycles. The van der Waals surface area contributed by atoms with Gasteiger partial charge < -0.3 is 16.9 Å². The van der Waals surface area contributed by atoms with Crippen LogP contribution in [0.5, 0.6) is 0 Å². The first-order valence-electron chi connectivity index (χ1n) is 6.09. The van der Waals surface area contributed by atoms with E-state index >= 15 is 0 Å². The molecule has 0 saturated heterocycles. The molecular formula is C12H15IN8-2. The maximum absolute atomic E-state index is 7.55. The first-order chi connectivity index (χ1) is 10.1. The molecule has 0 bridgehead atoms. The molecule has 21 heavy (non-hydrogen) atoms. The van der Waals surface area contributed by atoms with E-state index in [1.807, 2.05) is 24.3 Å². The van der Waals surface area contributed by atoms with Crippen molar-refractivity contribution in [3.8, 4) is 0 Å². The van der Waals surface area contributed by atoms with Crippen molar-refractivity contribution in [2.75, 3.05) is 0 Å². The number of nitrogens with one attached hydrogen (secondary N) is 4. The van der Waals surface area contributed by atoms with Gasteiger partial charge in [0, 0.05) is 11.1 Å². The summed E-state index contributed by atoms with van der Waals surface area (Å²) in [5, 5.41) is 1.36. The van der Waals surface area contributed by atoms with Crippen molar-refractivity contribution in [3.05, 3.63) is 62.8 Å². The Balaban J connectivity index is 2.29. The minimum Gasteiger partial charge on any atom is -0.613 e. The molecule has 1 heterocycles. The highest BCUT2D eigenvalue weighted by molar-refractivity contribution is 14.2. The number of benzene rings is 1. The lowest BCUT2D eigenvalue weighted by molar-refractivity contribution is -0.0572. The Morgan fingerprint density at radius 1 is 1.24 bits per heavy atom. The van der Waals surface area contributed by atoms with Gasteiger partial charge in [-0.2, -0.15) is 10.7 Å². The van der Waals surface area contributed by atoms with Crippen LogP contribution < -0.4 is 22.6 Å². The number of nitrogens with two attached hydrogens (primary N) is 2. The first kappa shape index (κ1) is 14.9. The van der Waals surface area contributed by atoms with Crippen molar-refractivity contribution in [3.63, 3.8) is 0 Å². The quantitative estimate of drug-likeness (QED) is 0.261. The van der Waals surface area contributed by atoms with Crippen LogP contribution in [0.3, 0.4) is 0 Å². The maximum atomic E-state index is 7.55. The Hall–Kier alpha value is -1.02.